The van der Waals surface area contributed by atoms with Crippen molar-refractivity contribution in [3.8, 4) is 5.69 Å². The molecular formula is C22H15BF2N4O2. The van der Waals surface area contributed by atoms with Gasteiger partial charge in [-0.1, -0.05) is 53.1 Å². The Labute approximate surface area is 176 Å². The van der Waals surface area contributed by atoms with Gasteiger partial charge in [0.15, 0.2) is 5.72 Å². The zero-order chi connectivity index (χ0) is 21.4. The maximum Gasteiger partial charge on any atom is 0.605 e. The fraction of sp³-hybridized carbons (Fsp3) is 0.0455. The molecule has 0 saturated heterocycles. The van der Waals surface area contributed by atoms with Crippen LogP contribution in [0.3, 0.4) is 0 Å². The Morgan fingerprint density at radius 3 is 2.68 bits per heavy atom. The second kappa shape index (κ2) is 7.77. The normalized spacial score (nSPS) is 13.4. The number of nitrogens with zero attached hydrogens (tertiary/aromatic N) is 3. The number of hydrogen-bond acceptors (Lipinski definition) is 4. The van der Waals surface area contributed by atoms with Crippen LogP contribution in [0.2, 0.25) is 0 Å². The van der Waals surface area contributed by atoms with Gasteiger partial charge in [0.05, 0.1) is 11.4 Å². The van der Waals surface area contributed by atoms with E-state index in [0.717, 1.165) is 27.6 Å². The van der Waals surface area contributed by atoms with E-state index in [9.17, 15) is 13.6 Å². The van der Waals surface area contributed by atoms with Crippen LogP contribution >= 0.6 is 0 Å². The van der Waals surface area contributed by atoms with Crippen LogP contribution in [0, 0.1) is 0 Å². The van der Waals surface area contributed by atoms with Crippen LogP contribution < -0.4 is 11.0 Å². The molecule has 1 aromatic heterocycles. The lowest BCUT2D eigenvalue weighted by Gasteiger charge is -2.14. The lowest BCUT2D eigenvalue weighted by atomic mass is 9.93. The number of fused-ring (bicyclic) bond motifs is 3. The Hall–Kier alpha value is -3.85. The minimum atomic E-state index is -2.28. The van der Waals surface area contributed by atoms with Crippen molar-refractivity contribution in [1.29, 1.82) is 0 Å². The van der Waals surface area contributed by atoms with Crippen molar-refractivity contribution in [3.63, 3.8) is 0 Å². The summed E-state index contributed by atoms with van der Waals surface area (Å²) in [6, 6.07) is 18.9. The van der Waals surface area contributed by atoms with E-state index in [1.54, 1.807) is 12.1 Å². The van der Waals surface area contributed by atoms with Crippen molar-refractivity contribution >= 4 is 41.0 Å². The van der Waals surface area contributed by atoms with Gasteiger partial charge in [-0.2, -0.15) is 0 Å². The molecule has 0 bridgehead atoms. The van der Waals surface area contributed by atoms with E-state index >= 15 is 0 Å². The summed E-state index contributed by atoms with van der Waals surface area (Å²) in [6.07, 6.45) is 2.88. The summed E-state index contributed by atoms with van der Waals surface area (Å²) in [5.41, 5.74) is 3.38. The molecule has 0 spiro atoms. The zero-order valence-electron chi connectivity index (χ0n) is 16.1. The van der Waals surface area contributed by atoms with Gasteiger partial charge in [-0.3, -0.25) is 14.1 Å². The largest absolute Gasteiger partial charge is 0.605 e. The molecule has 0 saturated carbocycles. The molecule has 0 atom stereocenters. The van der Waals surface area contributed by atoms with Gasteiger partial charge in [0, 0.05) is 34.6 Å². The number of imidazole rings is 1. The number of anilines is 1. The first-order valence-electron chi connectivity index (χ1n) is 9.57. The van der Waals surface area contributed by atoms with Crippen LogP contribution in [0.5, 0.6) is 0 Å². The van der Waals surface area contributed by atoms with Gasteiger partial charge in [0.2, 0.25) is 5.91 Å². The highest BCUT2D eigenvalue weighted by Gasteiger charge is 2.27. The SMILES string of the molecule is O=C1CN=C(c2ccc(-n3ccnc3B(F)OF)cc2)c2ccc3ccccc3c2N1. The molecule has 0 fully saturated rings. The van der Waals surface area contributed by atoms with Gasteiger partial charge in [0.1, 0.15) is 6.54 Å². The number of hydrogen-bond donors (Lipinski definition) is 1. The van der Waals surface area contributed by atoms with E-state index in [2.05, 4.69) is 20.2 Å². The number of rotatable bonds is 4. The number of aliphatic imine (C=N–C) groups is 1. The summed E-state index contributed by atoms with van der Waals surface area (Å²) in [4.78, 5) is 23.9. The molecule has 9 heteroatoms. The molecule has 4 aromatic rings. The first-order chi connectivity index (χ1) is 15.2. The van der Waals surface area contributed by atoms with E-state index in [4.69, 9.17) is 0 Å². The fourth-order valence-electron chi connectivity index (χ4n) is 3.79. The Kier molecular flexibility index (Phi) is 4.80. The average Bonchev–Trinajstić information content (AvgIpc) is 3.23. The highest BCUT2D eigenvalue weighted by Crippen LogP contribution is 2.31. The number of halogens is 2. The van der Waals surface area contributed by atoms with Crippen molar-refractivity contribution in [2.75, 3.05) is 11.9 Å². The maximum atomic E-state index is 13.7. The molecule has 1 amide bonds. The van der Waals surface area contributed by atoms with E-state index < -0.39 is 7.19 Å². The lowest BCUT2D eigenvalue weighted by Crippen LogP contribution is -2.34. The third-order valence-electron chi connectivity index (χ3n) is 5.20. The Morgan fingerprint density at radius 1 is 1.06 bits per heavy atom. The second-order valence-corrected chi connectivity index (χ2v) is 7.03. The molecule has 152 valence electrons. The van der Waals surface area contributed by atoms with Crippen LogP contribution in [0.4, 0.5) is 14.5 Å². The predicted octanol–water partition coefficient (Wildman–Crippen LogP) is 3.38. The molecule has 3 aromatic carbocycles. The monoisotopic (exact) mass is 416 g/mol. The number of carbonyl (C=O) groups is 1. The molecule has 0 aliphatic carbocycles. The zero-order valence-corrected chi connectivity index (χ0v) is 16.1. The van der Waals surface area contributed by atoms with Crippen LogP contribution in [0.1, 0.15) is 11.1 Å². The van der Waals surface area contributed by atoms with Crippen molar-refractivity contribution in [2.45, 2.75) is 0 Å². The molecule has 1 aliphatic heterocycles. The molecule has 0 unspecified atom stereocenters. The van der Waals surface area contributed by atoms with Crippen LogP contribution in [-0.2, 0) is 9.65 Å². The van der Waals surface area contributed by atoms with E-state index in [1.165, 1.54) is 17.0 Å². The van der Waals surface area contributed by atoms with Crippen LogP contribution in [0.15, 0.2) is 78.0 Å². The van der Waals surface area contributed by atoms with Crippen molar-refractivity contribution in [2.24, 2.45) is 4.99 Å². The van der Waals surface area contributed by atoms with E-state index in [1.807, 2.05) is 48.5 Å². The highest BCUT2D eigenvalue weighted by atomic mass is 19.3. The van der Waals surface area contributed by atoms with Crippen molar-refractivity contribution < 1.29 is 18.5 Å². The van der Waals surface area contributed by atoms with Crippen LogP contribution in [-0.4, -0.2) is 34.9 Å². The highest BCUT2D eigenvalue weighted by molar-refractivity contribution is 6.58. The van der Waals surface area contributed by atoms with Gasteiger partial charge < -0.3 is 9.88 Å². The number of carbonyl (C=O) groups excluding carboxylic acids is 1. The third kappa shape index (κ3) is 3.38. The summed E-state index contributed by atoms with van der Waals surface area (Å²) in [7, 11) is -2.28. The van der Waals surface area contributed by atoms with Crippen molar-refractivity contribution in [3.05, 3.63) is 84.2 Å². The molecule has 5 rings (SSSR count). The van der Waals surface area contributed by atoms with E-state index in [0.29, 0.717) is 11.4 Å². The smallest absolute Gasteiger partial charge is 0.323 e. The van der Waals surface area contributed by atoms with Crippen molar-refractivity contribution in [1.82, 2.24) is 9.55 Å². The lowest BCUT2D eigenvalue weighted by molar-refractivity contribution is -0.114. The Balaban J connectivity index is 1.58. The molecule has 1 N–H and O–H groups in total. The molecule has 31 heavy (non-hydrogen) atoms. The Bertz CT molecular complexity index is 1320. The molecule has 0 radical (unpaired) electrons. The summed E-state index contributed by atoms with van der Waals surface area (Å²) in [5, 5.41) is 4.92. The first kappa shape index (κ1) is 19.1. The van der Waals surface area contributed by atoms with Gasteiger partial charge in [-0.15, -0.1) is 0 Å². The van der Waals surface area contributed by atoms with Gasteiger partial charge >= 0.3 is 7.19 Å². The summed E-state index contributed by atoms with van der Waals surface area (Å²) in [5.74, 6) is -0.188. The third-order valence-corrected chi connectivity index (χ3v) is 5.20. The Morgan fingerprint density at radius 2 is 1.87 bits per heavy atom. The maximum absolute atomic E-state index is 13.7. The van der Waals surface area contributed by atoms with Gasteiger partial charge in [-0.25, -0.2) is 9.84 Å². The standard InChI is InChI=1S/C22H15BF2N4O2/c24-23(31-25)22-26-11-12-29(22)16-8-5-15(6-9-16)20-18-10-7-14-3-1-2-4-17(14)21(18)28-19(30)13-27-20/h1-12H,13H2,(H,28,30). The minimum absolute atomic E-state index is 0.00311. The first-order valence-corrected chi connectivity index (χ1v) is 9.57. The van der Waals surface area contributed by atoms with E-state index in [-0.39, 0.29) is 18.2 Å². The number of aromatic nitrogens is 2. The van der Waals surface area contributed by atoms with Crippen LogP contribution in [0.25, 0.3) is 16.5 Å². The predicted molar refractivity (Wildman–Crippen MR) is 115 cm³/mol. The summed E-state index contributed by atoms with van der Waals surface area (Å²) >= 11 is 0. The molecule has 6 nitrogen and oxygen atoms in total. The topological polar surface area (TPSA) is 68.5 Å². The number of benzene rings is 3. The summed E-state index contributed by atoms with van der Waals surface area (Å²) in [6.45, 7) is 0.00311. The molecule has 1 aliphatic rings. The number of amides is 1. The quantitative estimate of drug-likeness (QED) is 0.519. The van der Waals surface area contributed by atoms with Gasteiger partial charge in [0.25, 0.3) is 0 Å². The minimum Gasteiger partial charge on any atom is -0.323 e. The van der Waals surface area contributed by atoms with Gasteiger partial charge in [-0.05, 0) is 17.5 Å². The summed E-state index contributed by atoms with van der Waals surface area (Å²) < 4.78 is 27.3. The molecular weight excluding hydrogens is 401 g/mol. The second-order valence-electron chi connectivity index (χ2n) is 7.03. The fourth-order valence-corrected chi connectivity index (χ4v) is 3.79. The molecule has 2 heterocycles. The number of nitrogens with one attached hydrogen (secondary N) is 1. The average molecular weight is 416 g/mol.